The molecule has 6 heteroatoms. The van der Waals surface area contributed by atoms with Gasteiger partial charge in [0.05, 0.1) is 5.25 Å². The van der Waals surface area contributed by atoms with E-state index in [1.54, 1.807) is 13.8 Å². The molecule has 0 aromatic carbocycles. The van der Waals surface area contributed by atoms with Crippen molar-refractivity contribution >= 4 is 33.3 Å². The standard InChI is InChI=1S/C7H12Cl2O3S/c1-4(13(10,11)12)5-6(2,3)7(5,8)9/h4-5H,1-3H3,(H,10,11,12). The van der Waals surface area contributed by atoms with Gasteiger partial charge in [-0.25, -0.2) is 0 Å². The van der Waals surface area contributed by atoms with Crippen LogP contribution in [0.25, 0.3) is 0 Å². The first-order valence-corrected chi connectivity index (χ1v) is 6.13. The smallest absolute Gasteiger partial charge is 0.267 e. The molecule has 1 saturated carbocycles. The molecule has 0 saturated heterocycles. The average Bonchev–Trinajstić information content (AvgIpc) is 2.21. The van der Waals surface area contributed by atoms with E-state index < -0.39 is 31.0 Å². The van der Waals surface area contributed by atoms with Gasteiger partial charge in [0.1, 0.15) is 4.33 Å². The van der Waals surface area contributed by atoms with Crippen LogP contribution in [0.3, 0.4) is 0 Å². The van der Waals surface area contributed by atoms with Crippen molar-refractivity contribution in [1.29, 1.82) is 0 Å². The van der Waals surface area contributed by atoms with Gasteiger partial charge in [-0.15, -0.1) is 23.2 Å². The Morgan fingerprint density at radius 2 is 1.69 bits per heavy atom. The van der Waals surface area contributed by atoms with Gasteiger partial charge in [0.15, 0.2) is 0 Å². The maximum Gasteiger partial charge on any atom is 0.267 e. The highest BCUT2D eigenvalue weighted by Gasteiger charge is 2.73. The zero-order valence-electron chi connectivity index (χ0n) is 7.58. The normalized spacial score (nSPS) is 32.6. The molecule has 1 rings (SSSR count). The molecular formula is C7H12Cl2O3S. The number of hydrogen-bond donors (Lipinski definition) is 1. The molecule has 0 heterocycles. The summed E-state index contributed by atoms with van der Waals surface area (Å²) in [5.74, 6) is -0.418. The minimum absolute atomic E-state index is 0.418. The molecule has 1 aliphatic rings. The van der Waals surface area contributed by atoms with E-state index in [2.05, 4.69) is 0 Å². The van der Waals surface area contributed by atoms with Crippen LogP contribution in [0.2, 0.25) is 0 Å². The molecule has 1 fully saturated rings. The summed E-state index contributed by atoms with van der Waals surface area (Å²) < 4.78 is 29.4. The maximum absolute atomic E-state index is 10.8. The highest BCUT2D eigenvalue weighted by Crippen LogP contribution is 2.70. The summed E-state index contributed by atoms with van der Waals surface area (Å²) >= 11 is 11.8. The maximum atomic E-state index is 10.8. The van der Waals surface area contributed by atoms with Crippen LogP contribution >= 0.6 is 23.2 Å². The van der Waals surface area contributed by atoms with Crippen molar-refractivity contribution in [3.05, 3.63) is 0 Å². The fourth-order valence-corrected chi connectivity index (χ4v) is 3.84. The average molecular weight is 247 g/mol. The predicted octanol–water partition coefficient (Wildman–Crippen LogP) is 2.09. The molecule has 0 amide bonds. The van der Waals surface area contributed by atoms with Crippen molar-refractivity contribution in [2.75, 3.05) is 0 Å². The summed E-state index contributed by atoms with van der Waals surface area (Å²) in [4.78, 5) is 0. The Balaban J connectivity index is 2.92. The molecule has 2 unspecified atom stereocenters. The van der Waals surface area contributed by atoms with Crippen molar-refractivity contribution in [3.63, 3.8) is 0 Å². The fraction of sp³-hybridized carbons (Fsp3) is 1.00. The van der Waals surface area contributed by atoms with E-state index in [1.807, 2.05) is 0 Å². The van der Waals surface area contributed by atoms with Gasteiger partial charge in [0.2, 0.25) is 0 Å². The van der Waals surface area contributed by atoms with E-state index in [1.165, 1.54) is 6.92 Å². The lowest BCUT2D eigenvalue weighted by Crippen LogP contribution is -2.22. The third-order valence-electron chi connectivity index (χ3n) is 2.88. The summed E-state index contributed by atoms with van der Waals surface area (Å²) in [6, 6.07) is 0. The number of alkyl halides is 2. The molecule has 3 nitrogen and oxygen atoms in total. The van der Waals surface area contributed by atoms with Crippen LogP contribution in [0.5, 0.6) is 0 Å². The quantitative estimate of drug-likeness (QED) is 0.600. The van der Waals surface area contributed by atoms with Gasteiger partial charge >= 0.3 is 0 Å². The van der Waals surface area contributed by atoms with Gasteiger partial charge in [-0.3, -0.25) is 4.55 Å². The van der Waals surface area contributed by atoms with E-state index in [9.17, 15) is 8.42 Å². The molecule has 0 bridgehead atoms. The molecule has 0 spiro atoms. The SMILES string of the molecule is CC(C1C(C)(C)C1(Cl)Cl)S(=O)(=O)O. The highest BCUT2D eigenvalue weighted by atomic mass is 35.5. The molecular weight excluding hydrogens is 235 g/mol. The molecule has 2 atom stereocenters. The van der Waals surface area contributed by atoms with Gasteiger partial charge < -0.3 is 0 Å². The molecule has 1 N–H and O–H groups in total. The number of hydrogen-bond acceptors (Lipinski definition) is 2. The van der Waals surface area contributed by atoms with Crippen LogP contribution in [0.1, 0.15) is 20.8 Å². The zero-order valence-corrected chi connectivity index (χ0v) is 9.91. The summed E-state index contributed by atoms with van der Waals surface area (Å²) in [6.45, 7) is 4.97. The van der Waals surface area contributed by atoms with E-state index in [4.69, 9.17) is 27.8 Å². The largest absolute Gasteiger partial charge is 0.285 e. The lowest BCUT2D eigenvalue weighted by molar-refractivity contribution is 0.448. The summed E-state index contributed by atoms with van der Waals surface area (Å²) in [5, 5.41) is -0.919. The van der Waals surface area contributed by atoms with Crippen molar-refractivity contribution in [2.24, 2.45) is 11.3 Å². The van der Waals surface area contributed by atoms with Crippen molar-refractivity contribution < 1.29 is 13.0 Å². The first kappa shape index (κ1) is 11.6. The summed E-state index contributed by atoms with van der Waals surface area (Å²) in [6.07, 6.45) is 0. The zero-order chi connectivity index (χ0) is 10.7. The Bertz CT molecular complexity index is 307. The minimum Gasteiger partial charge on any atom is -0.285 e. The van der Waals surface area contributed by atoms with Crippen LogP contribution in [0.4, 0.5) is 0 Å². The Kier molecular flexibility index (Phi) is 2.45. The van der Waals surface area contributed by atoms with Crippen LogP contribution < -0.4 is 0 Å². The molecule has 0 aliphatic heterocycles. The fourth-order valence-electron chi connectivity index (χ4n) is 1.75. The van der Waals surface area contributed by atoms with Crippen molar-refractivity contribution in [2.45, 2.75) is 30.4 Å². The first-order valence-electron chi connectivity index (χ1n) is 3.87. The topological polar surface area (TPSA) is 54.4 Å². The summed E-state index contributed by atoms with van der Waals surface area (Å²) in [7, 11) is -4.05. The predicted molar refractivity (Wildman–Crippen MR) is 52.7 cm³/mol. The van der Waals surface area contributed by atoms with Gasteiger partial charge in [-0.1, -0.05) is 13.8 Å². The second-order valence-corrected chi connectivity index (χ2v) is 7.20. The third-order valence-corrected chi connectivity index (χ3v) is 5.54. The van der Waals surface area contributed by atoms with Crippen LogP contribution in [-0.2, 0) is 10.1 Å². The van der Waals surface area contributed by atoms with Gasteiger partial charge in [-0.2, -0.15) is 8.42 Å². The molecule has 0 aromatic rings. The van der Waals surface area contributed by atoms with Crippen molar-refractivity contribution in [3.8, 4) is 0 Å². The number of halogens is 2. The minimum atomic E-state index is -4.05. The molecule has 0 radical (unpaired) electrons. The van der Waals surface area contributed by atoms with E-state index >= 15 is 0 Å². The Labute approximate surface area is 88.2 Å². The van der Waals surface area contributed by atoms with E-state index in [-0.39, 0.29) is 0 Å². The van der Waals surface area contributed by atoms with E-state index in [0.29, 0.717) is 0 Å². The Morgan fingerprint density at radius 1 is 1.38 bits per heavy atom. The monoisotopic (exact) mass is 246 g/mol. The second-order valence-electron chi connectivity index (χ2n) is 4.04. The number of rotatable bonds is 2. The van der Waals surface area contributed by atoms with Gasteiger partial charge in [-0.05, 0) is 6.92 Å². The second kappa shape index (κ2) is 2.75. The van der Waals surface area contributed by atoms with Gasteiger partial charge in [0.25, 0.3) is 10.1 Å². The van der Waals surface area contributed by atoms with Crippen LogP contribution in [-0.4, -0.2) is 22.6 Å². The Morgan fingerprint density at radius 3 is 1.77 bits per heavy atom. The lowest BCUT2D eigenvalue weighted by Gasteiger charge is -2.07. The molecule has 78 valence electrons. The van der Waals surface area contributed by atoms with E-state index in [0.717, 1.165) is 0 Å². The summed E-state index contributed by atoms with van der Waals surface area (Å²) in [5.41, 5.74) is -0.467. The Hall–Kier alpha value is 0.490. The van der Waals surface area contributed by atoms with Crippen molar-refractivity contribution in [1.82, 2.24) is 0 Å². The molecule has 13 heavy (non-hydrogen) atoms. The lowest BCUT2D eigenvalue weighted by atomic mass is 10.1. The third kappa shape index (κ3) is 1.58. The van der Waals surface area contributed by atoms with Crippen LogP contribution in [0, 0.1) is 11.3 Å². The van der Waals surface area contributed by atoms with Crippen LogP contribution in [0.15, 0.2) is 0 Å². The first-order chi connectivity index (χ1) is 5.53. The highest BCUT2D eigenvalue weighted by molar-refractivity contribution is 7.86. The molecule has 1 aliphatic carbocycles. The van der Waals surface area contributed by atoms with Gasteiger partial charge in [0, 0.05) is 11.3 Å². The molecule has 0 aromatic heterocycles.